The number of nitrogens with one attached hydrogen (secondary N) is 3. The van der Waals surface area contributed by atoms with Crippen LogP contribution in [0.5, 0.6) is 0 Å². The van der Waals surface area contributed by atoms with Crippen molar-refractivity contribution in [3.8, 4) is 0 Å². The maximum atomic E-state index is 13.8. The third kappa shape index (κ3) is 5.24. The lowest BCUT2D eigenvalue weighted by Crippen LogP contribution is -2.28. The van der Waals surface area contributed by atoms with Gasteiger partial charge in [0.1, 0.15) is 5.82 Å². The van der Waals surface area contributed by atoms with E-state index in [0.717, 1.165) is 5.56 Å². The standard InChI is InChI=1S/C23H17Cl2FN4O2S/c1-12-4-2-6-16(25)20(12)29-21(31)13-8-9-18-19(10-13)33-23(28-18)30-22(32)27-11-14-15(24)5-3-7-17(14)26/h2-10H,11H2,1H3,(H,29,31)(H2,27,28,30,32). The average Bonchev–Trinajstić information content (AvgIpc) is 3.17. The molecular weight excluding hydrogens is 486 g/mol. The number of hydrogen-bond donors (Lipinski definition) is 3. The number of rotatable bonds is 5. The zero-order valence-electron chi connectivity index (χ0n) is 17.2. The first-order chi connectivity index (χ1) is 15.8. The molecular formula is C23H17Cl2FN4O2S. The molecule has 0 spiro atoms. The summed E-state index contributed by atoms with van der Waals surface area (Å²) in [5, 5.41) is 9.03. The van der Waals surface area contributed by atoms with Crippen LogP contribution in [0.4, 0.5) is 20.0 Å². The molecule has 0 aliphatic carbocycles. The lowest BCUT2D eigenvalue weighted by molar-refractivity contribution is 0.102. The van der Waals surface area contributed by atoms with Crippen molar-refractivity contribution in [1.29, 1.82) is 0 Å². The summed E-state index contributed by atoms with van der Waals surface area (Å²) >= 11 is 13.4. The molecule has 3 amide bonds. The summed E-state index contributed by atoms with van der Waals surface area (Å²) in [6.45, 7) is 1.78. The Hall–Kier alpha value is -3.20. The third-order valence-corrected chi connectivity index (χ3v) is 6.42. The first-order valence-electron chi connectivity index (χ1n) is 9.76. The van der Waals surface area contributed by atoms with E-state index in [1.165, 1.54) is 23.5 Å². The van der Waals surface area contributed by atoms with Crippen LogP contribution in [-0.2, 0) is 6.54 Å². The lowest BCUT2D eigenvalue weighted by Gasteiger charge is -2.10. The second-order valence-electron chi connectivity index (χ2n) is 7.10. The summed E-state index contributed by atoms with van der Waals surface area (Å²) in [5.41, 5.74) is 2.66. The molecule has 3 N–H and O–H groups in total. The Balaban J connectivity index is 1.44. The van der Waals surface area contributed by atoms with Gasteiger partial charge in [-0.25, -0.2) is 14.2 Å². The summed E-state index contributed by atoms with van der Waals surface area (Å²) in [7, 11) is 0. The topological polar surface area (TPSA) is 83.1 Å². The zero-order chi connectivity index (χ0) is 23.5. The summed E-state index contributed by atoms with van der Waals surface area (Å²) in [6.07, 6.45) is 0. The Kier molecular flexibility index (Phi) is 6.78. The molecule has 0 fully saturated rings. The Morgan fingerprint density at radius 2 is 1.79 bits per heavy atom. The highest BCUT2D eigenvalue weighted by atomic mass is 35.5. The van der Waals surface area contributed by atoms with Crippen molar-refractivity contribution in [2.75, 3.05) is 10.6 Å². The molecule has 6 nitrogen and oxygen atoms in total. The van der Waals surface area contributed by atoms with E-state index in [4.69, 9.17) is 23.2 Å². The smallest absolute Gasteiger partial charge is 0.321 e. The Bertz CT molecular complexity index is 1340. The summed E-state index contributed by atoms with van der Waals surface area (Å²) in [4.78, 5) is 29.3. The Morgan fingerprint density at radius 1 is 1.03 bits per heavy atom. The van der Waals surface area contributed by atoms with Crippen LogP contribution in [0, 0.1) is 12.7 Å². The lowest BCUT2D eigenvalue weighted by atomic mass is 10.1. The van der Waals surface area contributed by atoms with E-state index in [9.17, 15) is 14.0 Å². The van der Waals surface area contributed by atoms with E-state index in [-0.39, 0.29) is 23.0 Å². The van der Waals surface area contributed by atoms with Crippen LogP contribution in [0.25, 0.3) is 10.2 Å². The largest absolute Gasteiger partial charge is 0.334 e. The zero-order valence-corrected chi connectivity index (χ0v) is 19.5. The number of amides is 3. The van der Waals surface area contributed by atoms with E-state index < -0.39 is 11.8 Å². The molecule has 3 aromatic carbocycles. The maximum absolute atomic E-state index is 13.8. The van der Waals surface area contributed by atoms with Gasteiger partial charge in [0.2, 0.25) is 0 Å². The van der Waals surface area contributed by atoms with Crippen molar-refractivity contribution in [1.82, 2.24) is 10.3 Å². The van der Waals surface area contributed by atoms with Crippen molar-refractivity contribution >= 4 is 67.5 Å². The molecule has 4 rings (SSSR count). The molecule has 0 aliphatic rings. The van der Waals surface area contributed by atoms with E-state index in [1.54, 1.807) is 30.3 Å². The monoisotopic (exact) mass is 502 g/mol. The quantitative estimate of drug-likeness (QED) is 0.286. The number of fused-ring (bicyclic) bond motifs is 1. The van der Waals surface area contributed by atoms with Crippen LogP contribution in [0.3, 0.4) is 0 Å². The summed E-state index contributed by atoms with van der Waals surface area (Å²) in [5.74, 6) is -0.809. The Labute approximate surface area is 202 Å². The predicted octanol–water partition coefficient (Wildman–Crippen LogP) is 6.62. The van der Waals surface area contributed by atoms with Gasteiger partial charge in [0.15, 0.2) is 5.13 Å². The van der Waals surface area contributed by atoms with Gasteiger partial charge in [-0.3, -0.25) is 10.1 Å². The average molecular weight is 503 g/mol. The van der Waals surface area contributed by atoms with Crippen LogP contribution in [0.2, 0.25) is 10.0 Å². The van der Waals surface area contributed by atoms with Crippen LogP contribution >= 0.6 is 34.5 Å². The second-order valence-corrected chi connectivity index (χ2v) is 8.94. The van der Waals surface area contributed by atoms with Crippen molar-refractivity contribution in [2.24, 2.45) is 0 Å². The van der Waals surface area contributed by atoms with Gasteiger partial charge in [0.25, 0.3) is 5.91 Å². The van der Waals surface area contributed by atoms with Gasteiger partial charge >= 0.3 is 6.03 Å². The van der Waals surface area contributed by atoms with Gasteiger partial charge < -0.3 is 10.6 Å². The van der Waals surface area contributed by atoms with Crippen LogP contribution in [0.15, 0.2) is 54.6 Å². The number of carbonyl (C=O) groups excluding carboxylic acids is 2. The first-order valence-corrected chi connectivity index (χ1v) is 11.3. The number of aromatic nitrogens is 1. The van der Waals surface area contributed by atoms with Gasteiger partial charge in [-0.05, 0) is 48.9 Å². The first kappa shape index (κ1) is 23.0. The molecule has 1 heterocycles. The molecule has 33 heavy (non-hydrogen) atoms. The van der Waals surface area contributed by atoms with Crippen molar-refractivity contribution in [3.63, 3.8) is 0 Å². The van der Waals surface area contributed by atoms with Crippen molar-refractivity contribution in [3.05, 3.63) is 87.2 Å². The van der Waals surface area contributed by atoms with E-state index >= 15 is 0 Å². The molecule has 0 bridgehead atoms. The Morgan fingerprint density at radius 3 is 2.55 bits per heavy atom. The van der Waals surface area contributed by atoms with Crippen molar-refractivity contribution < 1.29 is 14.0 Å². The minimum Gasteiger partial charge on any atom is -0.334 e. The second kappa shape index (κ2) is 9.74. The molecule has 0 unspecified atom stereocenters. The highest BCUT2D eigenvalue weighted by Crippen LogP contribution is 2.29. The fourth-order valence-corrected chi connectivity index (χ4v) is 4.51. The SMILES string of the molecule is Cc1cccc(Cl)c1NC(=O)c1ccc2nc(NC(=O)NCc3c(F)cccc3Cl)sc2c1. The molecule has 0 aliphatic heterocycles. The third-order valence-electron chi connectivity index (χ3n) is 4.82. The summed E-state index contributed by atoms with van der Waals surface area (Å²) < 4.78 is 14.6. The van der Waals surface area contributed by atoms with E-state index in [1.807, 2.05) is 19.1 Å². The highest BCUT2D eigenvalue weighted by molar-refractivity contribution is 7.22. The fourth-order valence-electron chi connectivity index (χ4n) is 3.11. The number of thiazole rings is 1. The van der Waals surface area contributed by atoms with Gasteiger partial charge in [0.05, 0.1) is 20.9 Å². The van der Waals surface area contributed by atoms with Gasteiger partial charge in [-0.15, -0.1) is 0 Å². The number of anilines is 2. The molecule has 1 aromatic heterocycles. The van der Waals surface area contributed by atoms with Crippen molar-refractivity contribution in [2.45, 2.75) is 13.5 Å². The minimum absolute atomic E-state index is 0.0754. The van der Waals surface area contributed by atoms with E-state index in [2.05, 4.69) is 20.9 Å². The minimum atomic E-state index is -0.555. The maximum Gasteiger partial charge on any atom is 0.321 e. The number of nitrogens with zero attached hydrogens (tertiary/aromatic N) is 1. The molecule has 10 heteroatoms. The van der Waals surface area contributed by atoms with Crippen LogP contribution < -0.4 is 16.0 Å². The number of hydrogen-bond acceptors (Lipinski definition) is 4. The number of urea groups is 1. The number of carbonyl (C=O) groups is 2. The molecule has 168 valence electrons. The molecule has 0 saturated carbocycles. The number of halogens is 3. The van der Waals surface area contributed by atoms with Crippen LogP contribution in [-0.4, -0.2) is 16.9 Å². The van der Waals surface area contributed by atoms with Gasteiger partial charge in [0, 0.05) is 22.7 Å². The van der Waals surface area contributed by atoms with Gasteiger partial charge in [-0.1, -0.05) is 52.7 Å². The molecule has 0 saturated heterocycles. The number of benzene rings is 3. The van der Waals surface area contributed by atoms with E-state index in [0.29, 0.717) is 31.6 Å². The number of para-hydroxylation sites is 1. The number of aryl methyl sites for hydroxylation is 1. The predicted molar refractivity (Wildman–Crippen MR) is 131 cm³/mol. The fraction of sp³-hybridized carbons (Fsp3) is 0.0870. The molecule has 4 aromatic rings. The molecule has 0 radical (unpaired) electrons. The summed E-state index contributed by atoms with van der Waals surface area (Å²) in [6, 6.07) is 14.2. The van der Waals surface area contributed by atoms with Crippen LogP contribution in [0.1, 0.15) is 21.5 Å². The molecule has 0 atom stereocenters. The highest BCUT2D eigenvalue weighted by Gasteiger charge is 2.14. The normalized spacial score (nSPS) is 10.8. The van der Waals surface area contributed by atoms with Gasteiger partial charge in [-0.2, -0.15) is 0 Å².